The molecule has 0 saturated carbocycles. The van der Waals surface area contributed by atoms with E-state index >= 15 is 0 Å². The van der Waals surface area contributed by atoms with Gasteiger partial charge in [0.2, 0.25) is 10.0 Å². The van der Waals surface area contributed by atoms with Gasteiger partial charge in [-0.2, -0.15) is 4.31 Å². The van der Waals surface area contributed by atoms with Gasteiger partial charge in [0.15, 0.2) is 15.6 Å². The molecule has 1 aromatic rings. The molecule has 2 rings (SSSR count). The van der Waals surface area contributed by atoms with Gasteiger partial charge in [-0.25, -0.2) is 16.8 Å². The first-order chi connectivity index (χ1) is 10.7. The van der Waals surface area contributed by atoms with Crippen LogP contribution in [-0.4, -0.2) is 51.0 Å². The molecule has 1 aliphatic rings. The van der Waals surface area contributed by atoms with Crippen LogP contribution in [0.1, 0.15) is 37.0 Å². The van der Waals surface area contributed by atoms with Gasteiger partial charge in [0.25, 0.3) is 0 Å². The molecule has 1 atom stereocenters. The average molecular weight is 359 g/mol. The summed E-state index contributed by atoms with van der Waals surface area (Å²) in [6.45, 7) is 3.48. The smallest absolute Gasteiger partial charge is 0.243 e. The molecule has 0 aromatic heterocycles. The van der Waals surface area contributed by atoms with Crippen molar-refractivity contribution in [3.63, 3.8) is 0 Å². The standard InChI is InChI=1S/C15H21NO5S2/c1-3-8-16(14-7-9-22(18,19)11-14)23(20,21)15-6-4-5-13(10-15)12(2)17/h4-6,10,14H,3,7-9,11H2,1-2H3/t14-/m1/s1. The summed E-state index contributed by atoms with van der Waals surface area (Å²) in [5.41, 5.74) is 0.321. The Morgan fingerprint density at radius 2 is 2.04 bits per heavy atom. The zero-order valence-electron chi connectivity index (χ0n) is 13.2. The highest BCUT2D eigenvalue weighted by Crippen LogP contribution is 2.25. The van der Waals surface area contributed by atoms with Crippen LogP contribution in [0.4, 0.5) is 0 Å². The zero-order chi connectivity index (χ0) is 17.3. The third-order valence-electron chi connectivity index (χ3n) is 3.91. The van der Waals surface area contributed by atoms with Crippen molar-refractivity contribution in [3.8, 4) is 0 Å². The first-order valence-electron chi connectivity index (χ1n) is 7.50. The summed E-state index contributed by atoms with van der Waals surface area (Å²) in [7, 11) is -7.02. The van der Waals surface area contributed by atoms with Crippen LogP contribution in [0.15, 0.2) is 29.2 Å². The molecular formula is C15H21NO5S2. The highest BCUT2D eigenvalue weighted by Gasteiger charge is 2.38. The lowest BCUT2D eigenvalue weighted by molar-refractivity contribution is 0.101. The fourth-order valence-corrected chi connectivity index (χ4v) is 6.35. The molecule has 128 valence electrons. The van der Waals surface area contributed by atoms with Crippen LogP contribution in [0, 0.1) is 0 Å². The summed E-state index contributed by atoms with van der Waals surface area (Å²) < 4.78 is 50.5. The molecule has 0 N–H and O–H groups in total. The normalized spacial score (nSPS) is 20.7. The number of carbonyl (C=O) groups is 1. The highest BCUT2D eigenvalue weighted by atomic mass is 32.2. The number of rotatable bonds is 6. The lowest BCUT2D eigenvalue weighted by Crippen LogP contribution is -2.41. The SMILES string of the molecule is CCCN([C@@H]1CCS(=O)(=O)C1)S(=O)(=O)c1cccc(C(C)=O)c1. The highest BCUT2D eigenvalue weighted by molar-refractivity contribution is 7.92. The minimum atomic E-state index is -3.84. The van der Waals surface area contributed by atoms with E-state index in [4.69, 9.17) is 0 Å². The van der Waals surface area contributed by atoms with Gasteiger partial charge < -0.3 is 0 Å². The van der Waals surface area contributed by atoms with Gasteiger partial charge in [0.05, 0.1) is 16.4 Å². The third-order valence-corrected chi connectivity index (χ3v) is 7.60. The molecule has 0 spiro atoms. The Labute approximate surface area is 137 Å². The van der Waals surface area contributed by atoms with Crippen LogP contribution in [0.5, 0.6) is 0 Å². The topological polar surface area (TPSA) is 88.6 Å². The minimum absolute atomic E-state index is 0.0148. The van der Waals surface area contributed by atoms with Gasteiger partial charge in [0, 0.05) is 18.2 Å². The maximum atomic E-state index is 12.9. The van der Waals surface area contributed by atoms with Crippen LogP contribution in [0.2, 0.25) is 0 Å². The fourth-order valence-electron chi connectivity index (χ4n) is 2.73. The molecule has 0 amide bonds. The Balaban J connectivity index is 2.41. The molecule has 6 nitrogen and oxygen atoms in total. The van der Waals surface area contributed by atoms with E-state index < -0.39 is 25.9 Å². The van der Waals surface area contributed by atoms with Crippen LogP contribution >= 0.6 is 0 Å². The minimum Gasteiger partial charge on any atom is -0.295 e. The van der Waals surface area contributed by atoms with Gasteiger partial charge in [-0.3, -0.25) is 4.79 Å². The number of hydrogen-bond acceptors (Lipinski definition) is 5. The van der Waals surface area contributed by atoms with Gasteiger partial charge in [0.1, 0.15) is 0 Å². The molecule has 0 unspecified atom stereocenters. The Bertz CT molecular complexity index is 799. The summed E-state index contributed by atoms with van der Waals surface area (Å²) in [4.78, 5) is 11.5. The van der Waals surface area contributed by atoms with E-state index in [1.165, 1.54) is 29.4 Å². The third kappa shape index (κ3) is 3.99. The van der Waals surface area contributed by atoms with Crippen molar-refractivity contribution in [2.24, 2.45) is 0 Å². The molecule has 1 aromatic carbocycles. The number of hydrogen-bond donors (Lipinski definition) is 0. The number of sulfonamides is 1. The Hall–Kier alpha value is -1.25. The average Bonchev–Trinajstić information content (AvgIpc) is 2.84. The summed E-state index contributed by atoms with van der Waals surface area (Å²) in [6, 6.07) is 5.34. The summed E-state index contributed by atoms with van der Waals surface area (Å²) in [5.74, 6) is -0.341. The summed E-state index contributed by atoms with van der Waals surface area (Å²) in [5, 5.41) is 0. The maximum absolute atomic E-state index is 12.9. The number of sulfone groups is 1. The monoisotopic (exact) mass is 359 g/mol. The van der Waals surface area contributed by atoms with Crippen LogP contribution in [-0.2, 0) is 19.9 Å². The van der Waals surface area contributed by atoms with E-state index in [0.29, 0.717) is 18.4 Å². The molecule has 1 aliphatic heterocycles. The predicted octanol–water partition coefficient (Wildman–Crippen LogP) is 1.48. The van der Waals surface area contributed by atoms with E-state index in [1.807, 2.05) is 6.92 Å². The molecular weight excluding hydrogens is 338 g/mol. The maximum Gasteiger partial charge on any atom is 0.243 e. The molecule has 0 bridgehead atoms. The molecule has 0 radical (unpaired) electrons. The van der Waals surface area contributed by atoms with Crippen molar-refractivity contribution in [1.82, 2.24) is 4.31 Å². The van der Waals surface area contributed by atoms with Crippen molar-refractivity contribution in [2.45, 2.75) is 37.6 Å². The Morgan fingerprint density at radius 3 is 2.57 bits per heavy atom. The van der Waals surface area contributed by atoms with Gasteiger partial charge >= 0.3 is 0 Å². The Morgan fingerprint density at radius 1 is 1.35 bits per heavy atom. The molecule has 1 saturated heterocycles. The lowest BCUT2D eigenvalue weighted by atomic mass is 10.2. The lowest BCUT2D eigenvalue weighted by Gasteiger charge is -2.27. The van der Waals surface area contributed by atoms with Crippen molar-refractivity contribution >= 4 is 25.6 Å². The molecule has 23 heavy (non-hydrogen) atoms. The van der Waals surface area contributed by atoms with E-state index in [2.05, 4.69) is 0 Å². The number of carbonyl (C=O) groups excluding carboxylic acids is 1. The molecule has 1 fully saturated rings. The van der Waals surface area contributed by atoms with Crippen LogP contribution < -0.4 is 0 Å². The van der Waals surface area contributed by atoms with Crippen LogP contribution in [0.25, 0.3) is 0 Å². The summed E-state index contributed by atoms with van der Waals surface area (Å²) >= 11 is 0. The van der Waals surface area contributed by atoms with E-state index in [9.17, 15) is 21.6 Å². The van der Waals surface area contributed by atoms with Gasteiger partial charge in [-0.05, 0) is 31.9 Å². The van der Waals surface area contributed by atoms with E-state index in [-0.39, 0.29) is 28.7 Å². The van der Waals surface area contributed by atoms with Crippen molar-refractivity contribution in [1.29, 1.82) is 0 Å². The van der Waals surface area contributed by atoms with Crippen molar-refractivity contribution in [2.75, 3.05) is 18.1 Å². The zero-order valence-corrected chi connectivity index (χ0v) is 14.9. The summed E-state index contributed by atoms with van der Waals surface area (Å²) in [6.07, 6.45) is 0.899. The van der Waals surface area contributed by atoms with Crippen molar-refractivity contribution in [3.05, 3.63) is 29.8 Å². The van der Waals surface area contributed by atoms with Crippen molar-refractivity contribution < 1.29 is 21.6 Å². The predicted molar refractivity (Wildman–Crippen MR) is 87.7 cm³/mol. The quantitative estimate of drug-likeness (QED) is 0.718. The molecule has 0 aliphatic carbocycles. The van der Waals surface area contributed by atoms with Gasteiger partial charge in [-0.15, -0.1) is 0 Å². The Kier molecular flexibility index (Phi) is 5.27. The second-order valence-electron chi connectivity index (χ2n) is 5.76. The molecule has 8 heteroatoms. The second kappa shape index (κ2) is 6.70. The second-order valence-corrected chi connectivity index (χ2v) is 9.88. The number of nitrogens with zero attached hydrogens (tertiary/aromatic N) is 1. The van der Waals surface area contributed by atoms with E-state index in [0.717, 1.165) is 0 Å². The largest absolute Gasteiger partial charge is 0.295 e. The number of ketones is 1. The number of Topliss-reactive ketones (excluding diaryl/α,β-unsaturated/α-hetero) is 1. The van der Waals surface area contributed by atoms with Gasteiger partial charge in [-0.1, -0.05) is 19.1 Å². The van der Waals surface area contributed by atoms with Crippen LogP contribution in [0.3, 0.4) is 0 Å². The number of benzene rings is 1. The molecule has 1 heterocycles. The van der Waals surface area contributed by atoms with E-state index in [1.54, 1.807) is 6.07 Å². The first-order valence-corrected chi connectivity index (χ1v) is 10.8. The first kappa shape index (κ1) is 18.1. The fraction of sp³-hybridized carbons (Fsp3) is 0.533.